The third-order valence-corrected chi connectivity index (χ3v) is 6.06. The van der Waals surface area contributed by atoms with Gasteiger partial charge in [-0.15, -0.1) is 0 Å². The average Bonchev–Trinajstić information content (AvgIpc) is 2.84. The normalized spacial score (nSPS) is 11.0. The van der Waals surface area contributed by atoms with Gasteiger partial charge >= 0.3 is 5.97 Å². The molecular weight excluding hydrogens is 432 g/mol. The van der Waals surface area contributed by atoms with Crippen LogP contribution in [0.25, 0.3) is 21.5 Å². The molecule has 4 rings (SSSR count). The molecule has 0 saturated carbocycles. The second-order valence-corrected chi connectivity index (χ2v) is 8.45. The molecule has 0 atom stereocenters. The molecule has 4 aromatic rings. The number of hydrogen-bond donors (Lipinski definition) is 0. The third-order valence-electron chi connectivity index (χ3n) is 6.06. The van der Waals surface area contributed by atoms with E-state index in [1.165, 1.54) is 61.6 Å². The Morgan fingerprint density at radius 2 is 1.62 bits per heavy atom. The van der Waals surface area contributed by atoms with Crippen LogP contribution in [0, 0.1) is 23.0 Å². The number of carbonyl (C=O) groups excluding carboxylic acids is 1. The van der Waals surface area contributed by atoms with Crippen molar-refractivity contribution in [2.75, 3.05) is 0 Å². The summed E-state index contributed by atoms with van der Waals surface area (Å²) in [5, 5.41) is 11.1. The first kappa shape index (κ1) is 23.4. The molecule has 0 saturated heterocycles. The van der Waals surface area contributed by atoms with E-state index in [1.54, 1.807) is 12.1 Å². The summed E-state index contributed by atoms with van der Waals surface area (Å²) in [6.45, 7) is 2.20. The molecule has 0 heterocycles. The predicted molar refractivity (Wildman–Crippen MR) is 130 cm³/mol. The number of hydrogen-bond acceptors (Lipinski definition) is 3. The highest BCUT2D eigenvalue weighted by Crippen LogP contribution is 2.32. The lowest BCUT2D eigenvalue weighted by molar-refractivity contribution is 0.0725. The molecule has 0 N–H and O–H groups in total. The average molecular weight is 458 g/mol. The van der Waals surface area contributed by atoms with E-state index in [2.05, 4.69) is 13.0 Å². The van der Waals surface area contributed by atoms with E-state index in [9.17, 15) is 9.18 Å². The summed E-state index contributed by atoms with van der Waals surface area (Å²) in [6, 6.07) is 18.2. The van der Waals surface area contributed by atoms with Crippen LogP contribution in [0.3, 0.4) is 0 Å². The minimum Gasteiger partial charge on any atom is -0.423 e. The van der Waals surface area contributed by atoms with E-state index < -0.39 is 23.2 Å². The van der Waals surface area contributed by atoms with Crippen LogP contribution in [0.2, 0.25) is 0 Å². The zero-order chi connectivity index (χ0) is 24.1. The lowest BCUT2D eigenvalue weighted by Gasteiger charge is -2.11. The molecule has 0 spiro atoms. The van der Waals surface area contributed by atoms with Gasteiger partial charge in [-0.2, -0.15) is 5.26 Å². The van der Waals surface area contributed by atoms with Crippen LogP contribution in [0.4, 0.5) is 8.78 Å². The van der Waals surface area contributed by atoms with Crippen molar-refractivity contribution < 1.29 is 18.3 Å². The van der Waals surface area contributed by atoms with Crippen LogP contribution >= 0.6 is 0 Å². The fraction of sp³-hybridized carbons (Fsp3) is 0.241. The fourth-order valence-corrected chi connectivity index (χ4v) is 4.22. The summed E-state index contributed by atoms with van der Waals surface area (Å²) in [5.74, 6) is -2.95. The molecule has 0 aromatic heterocycles. The van der Waals surface area contributed by atoms with Crippen LogP contribution in [-0.4, -0.2) is 5.97 Å². The molecule has 34 heavy (non-hydrogen) atoms. The summed E-state index contributed by atoms with van der Waals surface area (Å²) in [4.78, 5) is 12.6. The summed E-state index contributed by atoms with van der Waals surface area (Å²) in [7, 11) is 0. The first-order valence-corrected chi connectivity index (χ1v) is 11.6. The number of aryl methyl sites for hydroxylation is 1. The maximum Gasteiger partial charge on any atom is 0.349 e. The second-order valence-electron chi connectivity index (χ2n) is 8.45. The number of fused-ring (bicyclic) bond motifs is 3. The molecule has 4 aromatic carbocycles. The number of benzene rings is 4. The largest absolute Gasteiger partial charge is 0.423 e. The smallest absolute Gasteiger partial charge is 0.349 e. The number of rotatable bonds is 8. The van der Waals surface area contributed by atoms with Gasteiger partial charge < -0.3 is 4.74 Å². The van der Waals surface area contributed by atoms with Gasteiger partial charge in [0, 0.05) is 5.39 Å². The zero-order valence-corrected chi connectivity index (χ0v) is 19.0. The Morgan fingerprint density at radius 1 is 0.882 bits per heavy atom. The molecule has 0 aliphatic rings. The quantitative estimate of drug-likeness (QED) is 0.117. The number of esters is 1. The third kappa shape index (κ3) is 4.92. The zero-order valence-electron chi connectivity index (χ0n) is 19.0. The van der Waals surface area contributed by atoms with Crippen molar-refractivity contribution in [1.29, 1.82) is 5.26 Å². The number of unbranched alkanes of at least 4 members (excludes halogenated alkanes) is 4. The Balaban J connectivity index is 1.62. The lowest BCUT2D eigenvalue weighted by Crippen LogP contribution is -2.13. The Bertz CT molecular complexity index is 1390. The molecule has 0 radical (unpaired) electrons. The maximum absolute atomic E-state index is 15.3. The second kappa shape index (κ2) is 10.4. The van der Waals surface area contributed by atoms with Gasteiger partial charge in [0.05, 0.1) is 11.6 Å². The van der Waals surface area contributed by atoms with E-state index in [4.69, 9.17) is 10.00 Å². The van der Waals surface area contributed by atoms with Gasteiger partial charge in [-0.3, -0.25) is 0 Å². The number of halogens is 2. The molecule has 5 heteroatoms. The minimum atomic E-state index is -1.12. The van der Waals surface area contributed by atoms with Crippen molar-refractivity contribution in [1.82, 2.24) is 0 Å². The number of ether oxygens (including phenoxy) is 1. The van der Waals surface area contributed by atoms with Crippen molar-refractivity contribution in [3.05, 3.63) is 89.0 Å². The van der Waals surface area contributed by atoms with Gasteiger partial charge in [0.2, 0.25) is 0 Å². The predicted octanol–water partition coefficient (Wildman–Crippen LogP) is 7.87. The summed E-state index contributed by atoms with van der Waals surface area (Å²) < 4.78 is 35.4. The SMILES string of the molecule is CCCCCCCc1ccc2c(ccc3c(F)c(C(=O)Oc4ccc(C#N)cc4)c(F)cc32)c1. The molecule has 3 nitrogen and oxygen atoms in total. The molecule has 0 amide bonds. The number of carbonyl (C=O) groups is 1. The first-order chi connectivity index (χ1) is 16.5. The Morgan fingerprint density at radius 3 is 2.35 bits per heavy atom. The van der Waals surface area contributed by atoms with Crippen LogP contribution in [0.5, 0.6) is 5.75 Å². The van der Waals surface area contributed by atoms with Crippen molar-refractivity contribution in [2.24, 2.45) is 0 Å². The highest BCUT2D eigenvalue weighted by molar-refractivity contribution is 6.10. The first-order valence-electron chi connectivity index (χ1n) is 11.6. The summed E-state index contributed by atoms with van der Waals surface area (Å²) >= 11 is 0. The molecule has 0 fully saturated rings. The van der Waals surface area contributed by atoms with E-state index >= 15 is 4.39 Å². The van der Waals surface area contributed by atoms with Crippen LogP contribution in [0.1, 0.15) is 60.5 Å². The molecule has 172 valence electrons. The van der Waals surface area contributed by atoms with Crippen molar-refractivity contribution in [3.8, 4) is 11.8 Å². The van der Waals surface area contributed by atoms with Gasteiger partial charge in [-0.25, -0.2) is 13.6 Å². The number of nitrogens with zero attached hydrogens (tertiary/aromatic N) is 1. The molecule has 0 unspecified atom stereocenters. The highest BCUT2D eigenvalue weighted by Gasteiger charge is 2.23. The van der Waals surface area contributed by atoms with E-state index in [-0.39, 0.29) is 11.1 Å². The topological polar surface area (TPSA) is 50.1 Å². The van der Waals surface area contributed by atoms with Crippen LogP contribution in [0.15, 0.2) is 60.7 Å². The molecule has 0 aliphatic carbocycles. The maximum atomic E-state index is 15.3. The standard InChI is InChI=1S/C29H25F2NO2/c1-2-3-4-5-6-7-19-10-14-23-21(16-19)11-15-24-25(23)17-26(30)27(28(24)31)29(33)34-22-12-8-20(18-32)9-13-22/h8-17H,2-7H2,1H3. The van der Waals surface area contributed by atoms with E-state index in [0.29, 0.717) is 10.9 Å². The molecule has 0 aliphatic heterocycles. The fourth-order valence-electron chi connectivity index (χ4n) is 4.22. The van der Waals surface area contributed by atoms with Crippen LogP contribution in [-0.2, 0) is 6.42 Å². The van der Waals surface area contributed by atoms with Gasteiger partial charge in [0.25, 0.3) is 0 Å². The Labute approximate surface area is 197 Å². The Kier molecular flexibility index (Phi) is 7.18. The summed E-state index contributed by atoms with van der Waals surface area (Å²) in [5.41, 5.74) is 0.848. The minimum absolute atomic E-state index is 0.101. The Hall–Kier alpha value is -3.78. The van der Waals surface area contributed by atoms with Gasteiger partial charge in [0.1, 0.15) is 22.9 Å². The van der Waals surface area contributed by atoms with Gasteiger partial charge in [0.15, 0.2) is 0 Å². The highest BCUT2D eigenvalue weighted by atomic mass is 19.1. The van der Waals surface area contributed by atoms with Crippen LogP contribution < -0.4 is 4.74 Å². The number of nitriles is 1. The van der Waals surface area contributed by atoms with Gasteiger partial charge in [-0.1, -0.05) is 62.9 Å². The van der Waals surface area contributed by atoms with Gasteiger partial charge in [-0.05, 0) is 64.9 Å². The molecular formula is C29H25F2NO2. The monoisotopic (exact) mass is 457 g/mol. The van der Waals surface area contributed by atoms with E-state index in [1.807, 2.05) is 18.2 Å². The summed E-state index contributed by atoms with van der Waals surface area (Å²) in [6.07, 6.45) is 6.99. The van der Waals surface area contributed by atoms with Crippen molar-refractivity contribution in [2.45, 2.75) is 45.4 Å². The lowest BCUT2D eigenvalue weighted by atomic mass is 9.96. The van der Waals surface area contributed by atoms with E-state index in [0.717, 1.165) is 23.6 Å². The van der Waals surface area contributed by atoms with Crippen molar-refractivity contribution >= 4 is 27.5 Å². The van der Waals surface area contributed by atoms with Crippen molar-refractivity contribution in [3.63, 3.8) is 0 Å². The molecule has 0 bridgehead atoms.